The summed E-state index contributed by atoms with van der Waals surface area (Å²) in [5, 5.41) is 0. The molecule has 0 aliphatic carbocycles. The highest BCUT2D eigenvalue weighted by molar-refractivity contribution is 5.79. The summed E-state index contributed by atoms with van der Waals surface area (Å²) in [5.41, 5.74) is 2.59. The summed E-state index contributed by atoms with van der Waals surface area (Å²) in [4.78, 5) is 29.3. The van der Waals surface area contributed by atoms with E-state index in [1.807, 2.05) is 9.80 Å². The van der Waals surface area contributed by atoms with Crippen molar-refractivity contribution in [3.8, 4) is 0 Å². The summed E-state index contributed by atoms with van der Waals surface area (Å²) in [7, 11) is 0. The number of amides is 2. The molecule has 1 aromatic rings. The minimum atomic E-state index is 0.187. The molecule has 1 atom stereocenters. The summed E-state index contributed by atoms with van der Waals surface area (Å²) in [5.74, 6) is 0.507. The number of hydrogen-bond donors (Lipinski definition) is 0. The van der Waals surface area contributed by atoms with Crippen LogP contribution in [0, 0.1) is 5.41 Å². The number of carbonyl (C=O) groups excluding carboxylic acids is 2. The van der Waals surface area contributed by atoms with Crippen LogP contribution >= 0.6 is 0 Å². The molecule has 1 spiro atoms. The maximum atomic E-state index is 12.8. The fraction of sp³-hybridized carbons (Fsp3) is 0.667. The average Bonchev–Trinajstić information content (AvgIpc) is 3.25. The van der Waals surface area contributed by atoms with Crippen molar-refractivity contribution in [1.82, 2.24) is 9.80 Å². The quantitative estimate of drug-likeness (QED) is 0.765. The summed E-state index contributed by atoms with van der Waals surface area (Å²) < 4.78 is 5.75. The van der Waals surface area contributed by atoms with Crippen molar-refractivity contribution in [2.75, 3.05) is 32.8 Å². The number of aryl methyl sites for hydroxylation is 1. The first-order valence-electron chi connectivity index (χ1n) is 11.3. The SMILES string of the molecule is CCc1ccc(CC(=O)N2CCC3(CCC(=O)N(CC4CCCO4)C3)CC2)cc1. The lowest BCUT2D eigenvalue weighted by molar-refractivity contribution is -0.143. The third-order valence-electron chi connectivity index (χ3n) is 7.16. The van der Waals surface area contributed by atoms with Crippen LogP contribution in [0.25, 0.3) is 0 Å². The van der Waals surface area contributed by atoms with Gasteiger partial charge in [-0.15, -0.1) is 0 Å². The third kappa shape index (κ3) is 4.82. The summed E-state index contributed by atoms with van der Waals surface area (Å²) in [6.45, 7) is 6.19. The predicted octanol–water partition coefficient (Wildman–Crippen LogP) is 3.20. The number of piperidine rings is 2. The molecule has 29 heavy (non-hydrogen) atoms. The maximum absolute atomic E-state index is 12.8. The fourth-order valence-corrected chi connectivity index (χ4v) is 5.12. The molecule has 5 nitrogen and oxygen atoms in total. The first kappa shape index (κ1) is 20.4. The second-order valence-electron chi connectivity index (χ2n) is 9.14. The molecule has 0 aromatic heterocycles. The zero-order chi connectivity index (χ0) is 20.3. The van der Waals surface area contributed by atoms with Gasteiger partial charge in [-0.05, 0) is 55.1 Å². The van der Waals surface area contributed by atoms with E-state index in [2.05, 4.69) is 31.2 Å². The number of benzene rings is 1. The highest BCUT2D eigenvalue weighted by atomic mass is 16.5. The van der Waals surface area contributed by atoms with Gasteiger partial charge < -0.3 is 14.5 Å². The number of nitrogens with zero attached hydrogens (tertiary/aromatic N) is 2. The van der Waals surface area contributed by atoms with Crippen molar-refractivity contribution in [3.05, 3.63) is 35.4 Å². The first-order chi connectivity index (χ1) is 14.1. The summed E-state index contributed by atoms with van der Waals surface area (Å²) >= 11 is 0. The standard InChI is InChI=1S/C24H34N2O3/c1-2-19-5-7-20(8-6-19)16-23(28)25-13-11-24(12-14-25)10-9-22(27)26(18-24)17-21-4-3-15-29-21/h5-8,21H,2-4,9-18H2,1H3. The van der Waals surface area contributed by atoms with Crippen LogP contribution in [0.3, 0.4) is 0 Å². The normalized spacial score (nSPS) is 24.3. The van der Waals surface area contributed by atoms with Crippen LogP contribution in [-0.4, -0.2) is 60.5 Å². The van der Waals surface area contributed by atoms with Crippen molar-refractivity contribution in [2.24, 2.45) is 5.41 Å². The molecular weight excluding hydrogens is 364 g/mol. The lowest BCUT2D eigenvalue weighted by Crippen LogP contribution is -2.53. The van der Waals surface area contributed by atoms with E-state index in [4.69, 9.17) is 4.74 Å². The molecule has 158 valence electrons. The maximum Gasteiger partial charge on any atom is 0.226 e. The molecule has 3 aliphatic heterocycles. The molecule has 3 heterocycles. The molecule has 5 heteroatoms. The van der Waals surface area contributed by atoms with Gasteiger partial charge in [0, 0.05) is 39.2 Å². The molecule has 0 saturated carbocycles. The zero-order valence-corrected chi connectivity index (χ0v) is 17.7. The average molecular weight is 399 g/mol. The van der Waals surface area contributed by atoms with Gasteiger partial charge in [-0.1, -0.05) is 31.2 Å². The summed E-state index contributed by atoms with van der Waals surface area (Å²) in [6.07, 6.45) is 7.52. The van der Waals surface area contributed by atoms with Gasteiger partial charge in [-0.25, -0.2) is 0 Å². The Kier molecular flexibility index (Phi) is 6.23. The Balaban J connectivity index is 1.30. The topological polar surface area (TPSA) is 49.9 Å². The Hall–Kier alpha value is -1.88. The molecular formula is C24H34N2O3. The van der Waals surface area contributed by atoms with Gasteiger partial charge in [0.1, 0.15) is 0 Å². The molecule has 3 aliphatic rings. The Morgan fingerprint density at radius 3 is 2.52 bits per heavy atom. The van der Waals surface area contributed by atoms with Crippen LogP contribution in [0.5, 0.6) is 0 Å². The van der Waals surface area contributed by atoms with Crippen molar-refractivity contribution < 1.29 is 14.3 Å². The van der Waals surface area contributed by atoms with Crippen LogP contribution < -0.4 is 0 Å². The van der Waals surface area contributed by atoms with Crippen LogP contribution in [0.1, 0.15) is 56.6 Å². The number of carbonyl (C=O) groups is 2. The Morgan fingerprint density at radius 2 is 1.86 bits per heavy atom. The van der Waals surface area contributed by atoms with E-state index < -0.39 is 0 Å². The highest BCUT2D eigenvalue weighted by Crippen LogP contribution is 2.40. The second kappa shape index (κ2) is 8.86. The molecule has 0 N–H and O–H groups in total. The van der Waals surface area contributed by atoms with E-state index in [1.165, 1.54) is 5.56 Å². The molecule has 0 bridgehead atoms. The van der Waals surface area contributed by atoms with Crippen molar-refractivity contribution >= 4 is 11.8 Å². The van der Waals surface area contributed by atoms with Gasteiger partial charge in [0.25, 0.3) is 0 Å². The Morgan fingerprint density at radius 1 is 1.14 bits per heavy atom. The van der Waals surface area contributed by atoms with Crippen LogP contribution in [0.4, 0.5) is 0 Å². The van der Waals surface area contributed by atoms with E-state index in [-0.39, 0.29) is 23.3 Å². The smallest absolute Gasteiger partial charge is 0.226 e. The zero-order valence-electron chi connectivity index (χ0n) is 17.7. The molecule has 3 fully saturated rings. The van der Waals surface area contributed by atoms with Gasteiger partial charge in [0.05, 0.1) is 12.5 Å². The minimum absolute atomic E-state index is 0.187. The molecule has 3 saturated heterocycles. The molecule has 4 rings (SSSR count). The van der Waals surface area contributed by atoms with Crippen molar-refractivity contribution in [1.29, 1.82) is 0 Å². The first-order valence-corrected chi connectivity index (χ1v) is 11.3. The van der Waals surface area contributed by atoms with Crippen molar-refractivity contribution in [2.45, 2.75) is 64.4 Å². The van der Waals surface area contributed by atoms with E-state index in [9.17, 15) is 9.59 Å². The lowest BCUT2D eigenvalue weighted by Gasteiger charge is -2.47. The van der Waals surface area contributed by atoms with E-state index in [0.717, 1.165) is 76.9 Å². The number of rotatable bonds is 5. The van der Waals surface area contributed by atoms with Crippen LogP contribution in [0.2, 0.25) is 0 Å². The van der Waals surface area contributed by atoms with Gasteiger partial charge >= 0.3 is 0 Å². The molecule has 1 aromatic carbocycles. The van der Waals surface area contributed by atoms with Crippen LogP contribution in [0.15, 0.2) is 24.3 Å². The van der Waals surface area contributed by atoms with Crippen molar-refractivity contribution in [3.63, 3.8) is 0 Å². The van der Waals surface area contributed by atoms with E-state index >= 15 is 0 Å². The number of hydrogen-bond acceptors (Lipinski definition) is 3. The molecule has 0 radical (unpaired) electrons. The van der Waals surface area contributed by atoms with Gasteiger partial charge in [0.2, 0.25) is 11.8 Å². The summed E-state index contributed by atoms with van der Waals surface area (Å²) in [6, 6.07) is 8.40. The van der Waals surface area contributed by atoms with Gasteiger partial charge in [-0.2, -0.15) is 0 Å². The monoisotopic (exact) mass is 398 g/mol. The Labute approximate surface area is 174 Å². The minimum Gasteiger partial charge on any atom is -0.376 e. The largest absolute Gasteiger partial charge is 0.376 e. The third-order valence-corrected chi connectivity index (χ3v) is 7.16. The van der Waals surface area contributed by atoms with E-state index in [0.29, 0.717) is 12.8 Å². The number of likely N-dealkylation sites (tertiary alicyclic amines) is 2. The van der Waals surface area contributed by atoms with E-state index in [1.54, 1.807) is 0 Å². The molecule has 2 amide bonds. The molecule has 1 unspecified atom stereocenters. The van der Waals surface area contributed by atoms with Crippen LogP contribution in [-0.2, 0) is 27.2 Å². The van der Waals surface area contributed by atoms with Gasteiger partial charge in [-0.3, -0.25) is 9.59 Å². The Bertz CT molecular complexity index is 716. The number of ether oxygens (including phenoxy) is 1. The fourth-order valence-electron chi connectivity index (χ4n) is 5.12. The second-order valence-corrected chi connectivity index (χ2v) is 9.14. The van der Waals surface area contributed by atoms with Gasteiger partial charge in [0.15, 0.2) is 0 Å². The predicted molar refractivity (Wildman–Crippen MR) is 113 cm³/mol. The lowest BCUT2D eigenvalue weighted by atomic mass is 9.72. The highest BCUT2D eigenvalue weighted by Gasteiger charge is 2.42.